The molecular weight excluding hydrogens is 234 g/mol. The Labute approximate surface area is 102 Å². The molecule has 6 heteroatoms. The van der Waals surface area contributed by atoms with Crippen LogP contribution in [-0.2, 0) is 0 Å². The summed E-state index contributed by atoms with van der Waals surface area (Å²) in [6, 6.07) is 7.52. The van der Waals surface area contributed by atoms with Crippen LogP contribution < -0.4 is 4.74 Å². The Bertz CT molecular complexity index is 620. The molecule has 0 atom stereocenters. The lowest BCUT2D eigenvalue weighted by Gasteiger charge is -2.05. The highest BCUT2D eigenvalue weighted by Crippen LogP contribution is 2.22. The minimum Gasteiger partial charge on any atom is -0.478 e. The molecule has 0 saturated carbocycles. The van der Waals surface area contributed by atoms with E-state index in [9.17, 15) is 4.79 Å². The number of aromatic nitrogens is 2. The third-order valence-electron chi connectivity index (χ3n) is 2.12. The Hall–Kier alpha value is -2.94. The third-order valence-corrected chi connectivity index (χ3v) is 2.12. The van der Waals surface area contributed by atoms with E-state index in [0.717, 1.165) is 0 Å². The Morgan fingerprint density at radius 3 is 2.83 bits per heavy atom. The van der Waals surface area contributed by atoms with Crippen LogP contribution in [0.4, 0.5) is 0 Å². The van der Waals surface area contributed by atoms with Crippen molar-refractivity contribution in [2.75, 3.05) is 0 Å². The summed E-state index contributed by atoms with van der Waals surface area (Å²) in [5.41, 5.74) is -0.0263. The number of carbonyl (C=O) groups is 1. The van der Waals surface area contributed by atoms with E-state index in [1.165, 1.54) is 30.7 Å². The molecule has 0 spiro atoms. The van der Waals surface area contributed by atoms with Crippen LogP contribution in [0, 0.1) is 11.3 Å². The fraction of sp³-hybridized carbons (Fsp3) is 0. The van der Waals surface area contributed by atoms with Crippen molar-refractivity contribution in [3.05, 3.63) is 47.9 Å². The van der Waals surface area contributed by atoms with Crippen LogP contribution >= 0.6 is 0 Å². The molecule has 2 rings (SSSR count). The van der Waals surface area contributed by atoms with Crippen molar-refractivity contribution in [1.29, 1.82) is 5.26 Å². The molecule has 0 radical (unpaired) electrons. The number of aromatic carboxylic acids is 1. The number of carboxylic acid groups (broad SMARTS) is 1. The highest BCUT2D eigenvalue weighted by atomic mass is 16.5. The van der Waals surface area contributed by atoms with Gasteiger partial charge in [0.25, 0.3) is 0 Å². The van der Waals surface area contributed by atoms with E-state index in [1.54, 1.807) is 12.1 Å². The molecule has 88 valence electrons. The first-order valence-electron chi connectivity index (χ1n) is 4.92. The number of nitriles is 1. The summed E-state index contributed by atoms with van der Waals surface area (Å²) in [5, 5.41) is 17.7. The molecule has 18 heavy (non-hydrogen) atoms. The fourth-order valence-corrected chi connectivity index (χ4v) is 1.32. The zero-order valence-electron chi connectivity index (χ0n) is 9.07. The van der Waals surface area contributed by atoms with Crippen molar-refractivity contribution in [3.63, 3.8) is 0 Å². The van der Waals surface area contributed by atoms with Gasteiger partial charge in [0.15, 0.2) is 0 Å². The van der Waals surface area contributed by atoms with E-state index in [4.69, 9.17) is 15.1 Å². The van der Waals surface area contributed by atoms with Gasteiger partial charge in [0.1, 0.15) is 18.1 Å². The number of benzene rings is 1. The number of ether oxygens (including phenoxy) is 1. The molecule has 0 amide bonds. The molecule has 1 aromatic heterocycles. The Balaban J connectivity index is 2.34. The molecule has 2 aromatic rings. The number of carboxylic acids is 1. The Morgan fingerprint density at radius 1 is 1.39 bits per heavy atom. The van der Waals surface area contributed by atoms with Gasteiger partial charge in [-0.3, -0.25) is 0 Å². The summed E-state index contributed by atoms with van der Waals surface area (Å²) in [6.45, 7) is 0. The smallest absolute Gasteiger partial charge is 0.337 e. The van der Waals surface area contributed by atoms with Crippen molar-refractivity contribution in [3.8, 4) is 17.7 Å². The van der Waals surface area contributed by atoms with E-state index in [1.807, 2.05) is 0 Å². The average Bonchev–Trinajstić information content (AvgIpc) is 2.40. The largest absolute Gasteiger partial charge is 0.478 e. The van der Waals surface area contributed by atoms with Gasteiger partial charge in [0.05, 0.1) is 11.1 Å². The van der Waals surface area contributed by atoms with Gasteiger partial charge in [-0.25, -0.2) is 14.8 Å². The van der Waals surface area contributed by atoms with Crippen LogP contribution in [0.25, 0.3) is 0 Å². The average molecular weight is 241 g/mol. The lowest BCUT2D eigenvalue weighted by atomic mass is 10.1. The van der Waals surface area contributed by atoms with E-state index >= 15 is 0 Å². The Morgan fingerprint density at radius 2 is 2.22 bits per heavy atom. The van der Waals surface area contributed by atoms with Crippen LogP contribution in [0.15, 0.2) is 36.8 Å². The molecule has 0 bridgehead atoms. The van der Waals surface area contributed by atoms with E-state index in [2.05, 4.69) is 9.97 Å². The molecule has 1 heterocycles. The first-order valence-corrected chi connectivity index (χ1v) is 4.92. The zero-order chi connectivity index (χ0) is 13.0. The summed E-state index contributed by atoms with van der Waals surface area (Å²) in [6.07, 6.45) is 2.82. The third kappa shape index (κ3) is 2.41. The monoisotopic (exact) mass is 241 g/mol. The van der Waals surface area contributed by atoms with Gasteiger partial charge in [0, 0.05) is 12.3 Å². The van der Waals surface area contributed by atoms with Gasteiger partial charge in [0.2, 0.25) is 5.88 Å². The molecule has 0 fully saturated rings. The van der Waals surface area contributed by atoms with Gasteiger partial charge in [-0.15, -0.1) is 0 Å². The minimum absolute atomic E-state index is 0.0811. The van der Waals surface area contributed by atoms with E-state index in [-0.39, 0.29) is 11.1 Å². The normalized spacial score (nSPS) is 9.50. The molecule has 6 nitrogen and oxygen atoms in total. The Kier molecular flexibility index (Phi) is 3.16. The number of rotatable bonds is 3. The van der Waals surface area contributed by atoms with Crippen LogP contribution in [0.2, 0.25) is 0 Å². The summed E-state index contributed by atoms with van der Waals surface area (Å²) < 4.78 is 5.34. The first kappa shape index (κ1) is 11.5. The quantitative estimate of drug-likeness (QED) is 0.880. The van der Waals surface area contributed by atoms with Gasteiger partial charge in [-0.05, 0) is 18.2 Å². The van der Waals surface area contributed by atoms with Crippen LogP contribution in [0.3, 0.4) is 0 Å². The van der Waals surface area contributed by atoms with Crippen molar-refractivity contribution in [2.45, 2.75) is 0 Å². The van der Waals surface area contributed by atoms with E-state index < -0.39 is 5.97 Å². The fourth-order valence-electron chi connectivity index (χ4n) is 1.32. The molecule has 1 N–H and O–H groups in total. The van der Waals surface area contributed by atoms with E-state index in [0.29, 0.717) is 11.6 Å². The zero-order valence-corrected chi connectivity index (χ0v) is 9.07. The number of hydrogen-bond donors (Lipinski definition) is 1. The maximum atomic E-state index is 11.0. The van der Waals surface area contributed by atoms with Crippen LogP contribution in [0.5, 0.6) is 11.6 Å². The molecule has 0 aliphatic rings. The minimum atomic E-state index is -1.18. The van der Waals surface area contributed by atoms with Gasteiger partial charge < -0.3 is 9.84 Å². The van der Waals surface area contributed by atoms with Crippen molar-refractivity contribution in [2.24, 2.45) is 0 Å². The molecular formula is C12H7N3O3. The maximum absolute atomic E-state index is 11.0. The second kappa shape index (κ2) is 4.93. The standard InChI is InChI=1S/C12H7N3O3/c13-6-8-1-2-9(5-10(8)12(16)17)18-11-3-4-14-7-15-11/h1-5,7H,(H,16,17). The van der Waals surface area contributed by atoms with Crippen molar-refractivity contribution < 1.29 is 14.6 Å². The molecule has 0 aliphatic carbocycles. The van der Waals surface area contributed by atoms with Crippen LogP contribution in [-0.4, -0.2) is 21.0 Å². The topological polar surface area (TPSA) is 96.1 Å². The second-order valence-corrected chi connectivity index (χ2v) is 3.27. The van der Waals surface area contributed by atoms with Gasteiger partial charge in [-0.2, -0.15) is 5.26 Å². The van der Waals surface area contributed by atoms with Crippen molar-refractivity contribution >= 4 is 5.97 Å². The molecule has 0 unspecified atom stereocenters. The molecule has 0 aliphatic heterocycles. The lowest BCUT2D eigenvalue weighted by Crippen LogP contribution is -2.00. The molecule has 1 aromatic carbocycles. The summed E-state index contributed by atoms with van der Waals surface area (Å²) >= 11 is 0. The highest BCUT2D eigenvalue weighted by Gasteiger charge is 2.11. The SMILES string of the molecule is N#Cc1ccc(Oc2ccncn2)cc1C(=O)O. The number of nitrogens with zero attached hydrogens (tertiary/aromatic N) is 3. The predicted molar refractivity (Wildman–Crippen MR) is 60.2 cm³/mol. The number of hydrogen-bond acceptors (Lipinski definition) is 5. The predicted octanol–water partition coefficient (Wildman–Crippen LogP) is 1.84. The summed E-state index contributed by atoms with van der Waals surface area (Å²) in [5.74, 6) is -0.587. The second-order valence-electron chi connectivity index (χ2n) is 3.27. The van der Waals surface area contributed by atoms with Crippen LogP contribution in [0.1, 0.15) is 15.9 Å². The molecule has 0 saturated heterocycles. The summed E-state index contributed by atoms with van der Waals surface area (Å²) in [7, 11) is 0. The first-order chi connectivity index (χ1) is 8.70. The lowest BCUT2D eigenvalue weighted by molar-refractivity contribution is 0.0696. The van der Waals surface area contributed by atoms with Gasteiger partial charge >= 0.3 is 5.97 Å². The van der Waals surface area contributed by atoms with Gasteiger partial charge in [-0.1, -0.05) is 0 Å². The van der Waals surface area contributed by atoms with Crippen molar-refractivity contribution in [1.82, 2.24) is 9.97 Å². The highest BCUT2D eigenvalue weighted by molar-refractivity contribution is 5.91. The maximum Gasteiger partial charge on any atom is 0.337 e. The summed E-state index contributed by atoms with van der Waals surface area (Å²) in [4.78, 5) is 18.5.